The van der Waals surface area contributed by atoms with Crippen LogP contribution in [-0.2, 0) is 26.2 Å². The van der Waals surface area contributed by atoms with Crippen LogP contribution in [-0.4, -0.2) is 59.0 Å². The summed E-state index contributed by atoms with van der Waals surface area (Å²) >= 11 is 6.05. The Balaban J connectivity index is 2.05. The first-order chi connectivity index (χ1) is 18.6. The lowest BCUT2D eigenvalue weighted by molar-refractivity contribution is -0.140. The maximum absolute atomic E-state index is 13.9. The molecule has 0 aliphatic rings. The van der Waals surface area contributed by atoms with Crippen LogP contribution in [0.25, 0.3) is 0 Å². The van der Waals surface area contributed by atoms with Crippen molar-refractivity contribution in [2.24, 2.45) is 0 Å². The molecule has 0 fully saturated rings. The number of benzene rings is 3. The topological polar surface area (TPSA) is 105 Å². The van der Waals surface area contributed by atoms with Gasteiger partial charge in [-0.1, -0.05) is 30.7 Å². The number of amides is 2. The van der Waals surface area contributed by atoms with Crippen molar-refractivity contribution in [2.75, 3.05) is 32.1 Å². The largest absolute Gasteiger partial charge is 0.497 e. The maximum atomic E-state index is 13.9. The van der Waals surface area contributed by atoms with Gasteiger partial charge >= 0.3 is 0 Å². The second kappa shape index (κ2) is 13.3. The molecule has 3 rings (SSSR count). The van der Waals surface area contributed by atoms with Gasteiger partial charge in [0.05, 0.1) is 24.8 Å². The molecule has 0 heterocycles. The Morgan fingerprint density at radius 3 is 2.15 bits per heavy atom. The zero-order valence-corrected chi connectivity index (χ0v) is 23.8. The molecular weight excluding hydrogens is 542 g/mol. The van der Waals surface area contributed by atoms with Crippen LogP contribution in [0.4, 0.5) is 5.69 Å². The van der Waals surface area contributed by atoms with E-state index in [4.69, 9.17) is 21.1 Å². The van der Waals surface area contributed by atoms with Gasteiger partial charge in [-0.05, 0) is 72.6 Å². The van der Waals surface area contributed by atoms with Crippen molar-refractivity contribution in [3.05, 3.63) is 83.4 Å². The number of anilines is 1. The molecule has 3 aromatic rings. The molecule has 0 aliphatic carbocycles. The van der Waals surface area contributed by atoms with Gasteiger partial charge in [-0.15, -0.1) is 0 Å². The monoisotopic (exact) mass is 573 g/mol. The van der Waals surface area contributed by atoms with Gasteiger partial charge in [-0.2, -0.15) is 0 Å². The van der Waals surface area contributed by atoms with Gasteiger partial charge in [0, 0.05) is 18.6 Å². The highest BCUT2D eigenvalue weighted by Crippen LogP contribution is 2.27. The van der Waals surface area contributed by atoms with E-state index in [0.29, 0.717) is 22.9 Å². The zero-order chi connectivity index (χ0) is 28.6. The fraction of sp³-hybridized carbons (Fsp3) is 0.286. The lowest BCUT2D eigenvalue weighted by atomic mass is 10.1. The minimum Gasteiger partial charge on any atom is -0.497 e. The third-order valence-electron chi connectivity index (χ3n) is 6.16. The molecule has 0 saturated heterocycles. The van der Waals surface area contributed by atoms with Gasteiger partial charge in [-0.3, -0.25) is 13.9 Å². The number of hydrogen-bond donors (Lipinski definition) is 1. The summed E-state index contributed by atoms with van der Waals surface area (Å²) in [5, 5.41) is 3.02. The van der Waals surface area contributed by atoms with Crippen LogP contribution in [0.2, 0.25) is 5.02 Å². The molecule has 1 atom stereocenters. The number of nitrogens with zero attached hydrogens (tertiary/aromatic N) is 2. The van der Waals surface area contributed by atoms with Gasteiger partial charge < -0.3 is 19.7 Å². The van der Waals surface area contributed by atoms with Gasteiger partial charge in [0.1, 0.15) is 24.1 Å². The molecule has 1 N–H and O–H groups in total. The molecule has 0 spiro atoms. The second-order valence-corrected chi connectivity index (χ2v) is 10.9. The zero-order valence-electron chi connectivity index (χ0n) is 22.3. The van der Waals surface area contributed by atoms with Crippen molar-refractivity contribution in [3.8, 4) is 11.5 Å². The molecule has 39 heavy (non-hydrogen) atoms. The predicted octanol–water partition coefficient (Wildman–Crippen LogP) is 4.11. The van der Waals surface area contributed by atoms with E-state index in [0.717, 1.165) is 9.87 Å². The van der Waals surface area contributed by atoms with Crippen LogP contribution < -0.4 is 19.1 Å². The maximum Gasteiger partial charge on any atom is 0.264 e. The number of likely N-dealkylation sites (N-methyl/N-ethyl adjacent to an activating group) is 1. The minimum atomic E-state index is -4.20. The van der Waals surface area contributed by atoms with E-state index in [1.54, 1.807) is 37.3 Å². The molecule has 0 unspecified atom stereocenters. The first kappa shape index (κ1) is 29.8. The average Bonchev–Trinajstić information content (AvgIpc) is 2.96. The Labute approximate surface area is 234 Å². The van der Waals surface area contributed by atoms with E-state index in [9.17, 15) is 18.0 Å². The van der Waals surface area contributed by atoms with Crippen molar-refractivity contribution < 1.29 is 27.5 Å². The summed E-state index contributed by atoms with van der Waals surface area (Å²) in [5.74, 6) is 0.173. The second-order valence-electron chi connectivity index (χ2n) is 8.58. The highest BCUT2D eigenvalue weighted by molar-refractivity contribution is 7.92. The molecule has 0 saturated carbocycles. The summed E-state index contributed by atoms with van der Waals surface area (Å²) in [6.07, 6.45) is 0.321. The first-order valence-corrected chi connectivity index (χ1v) is 14.0. The average molecular weight is 574 g/mol. The van der Waals surface area contributed by atoms with Gasteiger partial charge in [0.25, 0.3) is 10.0 Å². The van der Waals surface area contributed by atoms with E-state index >= 15 is 0 Å². The number of rotatable bonds is 12. The standard InChI is InChI=1S/C28H32ClN3O6S/c1-5-26(28(34)30-2)31(18-20-7-6-8-24(17-20)38-4)27(33)19-32(22-11-9-21(29)10-12-22)39(35,36)25-15-13-23(37-3)14-16-25/h6-17,26H,5,18-19H2,1-4H3,(H,30,34)/t26-/m0/s1. The van der Waals surface area contributed by atoms with E-state index in [1.165, 1.54) is 62.6 Å². The van der Waals surface area contributed by atoms with Crippen molar-refractivity contribution in [3.63, 3.8) is 0 Å². The van der Waals surface area contributed by atoms with E-state index in [-0.39, 0.29) is 23.0 Å². The number of nitrogens with one attached hydrogen (secondary N) is 1. The van der Waals surface area contributed by atoms with Crippen LogP contribution in [0.3, 0.4) is 0 Å². The van der Waals surface area contributed by atoms with Crippen LogP contribution in [0.15, 0.2) is 77.7 Å². The van der Waals surface area contributed by atoms with Crippen molar-refractivity contribution in [1.29, 1.82) is 0 Å². The number of carbonyl (C=O) groups excluding carboxylic acids is 2. The number of methoxy groups -OCH3 is 2. The molecular formula is C28H32ClN3O6S. The fourth-order valence-corrected chi connectivity index (χ4v) is 5.60. The Morgan fingerprint density at radius 1 is 0.949 bits per heavy atom. The Morgan fingerprint density at radius 2 is 1.59 bits per heavy atom. The van der Waals surface area contributed by atoms with Crippen LogP contribution in [0, 0.1) is 0 Å². The number of halogens is 1. The van der Waals surface area contributed by atoms with Gasteiger partial charge in [-0.25, -0.2) is 8.42 Å². The summed E-state index contributed by atoms with van der Waals surface area (Å²) in [6.45, 7) is 1.31. The summed E-state index contributed by atoms with van der Waals surface area (Å²) in [5.41, 5.74) is 0.971. The number of hydrogen-bond acceptors (Lipinski definition) is 6. The summed E-state index contributed by atoms with van der Waals surface area (Å²) in [4.78, 5) is 28.1. The lowest BCUT2D eigenvalue weighted by Crippen LogP contribution is -2.51. The molecule has 208 valence electrons. The Hall–Kier alpha value is -3.76. The van der Waals surface area contributed by atoms with Gasteiger partial charge in [0.2, 0.25) is 11.8 Å². The number of carbonyl (C=O) groups is 2. The molecule has 9 nitrogen and oxygen atoms in total. The minimum absolute atomic E-state index is 0.0243. The molecule has 2 amide bonds. The van der Waals surface area contributed by atoms with E-state index in [2.05, 4.69) is 5.32 Å². The summed E-state index contributed by atoms with van der Waals surface area (Å²) in [7, 11) is 0.317. The quantitative estimate of drug-likeness (QED) is 0.350. The van der Waals surface area contributed by atoms with Crippen molar-refractivity contribution in [1.82, 2.24) is 10.2 Å². The molecule has 0 radical (unpaired) electrons. The molecule has 3 aromatic carbocycles. The highest BCUT2D eigenvalue weighted by atomic mass is 35.5. The van der Waals surface area contributed by atoms with Crippen LogP contribution >= 0.6 is 11.6 Å². The van der Waals surface area contributed by atoms with Crippen LogP contribution in [0.1, 0.15) is 18.9 Å². The summed E-state index contributed by atoms with van der Waals surface area (Å²) < 4.78 is 39.1. The van der Waals surface area contributed by atoms with E-state index in [1.807, 2.05) is 6.07 Å². The third kappa shape index (κ3) is 7.21. The van der Waals surface area contributed by atoms with Crippen LogP contribution in [0.5, 0.6) is 11.5 Å². The molecule has 0 aliphatic heterocycles. The molecule has 11 heteroatoms. The predicted molar refractivity (Wildman–Crippen MR) is 151 cm³/mol. The van der Waals surface area contributed by atoms with Crippen molar-refractivity contribution in [2.45, 2.75) is 30.8 Å². The highest BCUT2D eigenvalue weighted by Gasteiger charge is 2.33. The summed E-state index contributed by atoms with van der Waals surface area (Å²) in [6, 6.07) is 18.3. The number of ether oxygens (including phenoxy) is 2. The molecule has 0 bridgehead atoms. The Kier molecular flexibility index (Phi) is 10.2. The van der Waals surface area contributed by atoms with Crippen molar-refractivity contribution >= 4 is 39.1 Å². The van der Waals surface area contributed by atoms with Gasteiger partial charge in [0.15, 0.2) is 0 Å². The van der Waals surface area contributed by atoms with E-state index < -0.39 is 28.5 Å². The molecule has 0 aromatic heterocycles. The lowest BCUT2D eigenvalue weighted by Gasteiger charge is -2.33. The number of sulfonamides is 1. The smallest absolute Gasteiger partial charge is 0.264 e. The fourth-order valence-electron chi connectivity index (χ4n) is 4.06. The Bertz CT molecular complexity index is 1380. The normalized spacial score (nSPS) is 11.8. The third-order valence-corrected chi connectivity index (χ3v) is 8.20. The SMILES string of the molecule is CC[C@@H](C(=O)NC)N(Cc1cccc(OC)c1)C(=O)CN(c1ccc(Cl)cc1)S(=O)(=O)c1ccc(OC)cc1. The first-order valence-electron chi connectivity index (χ1n) is 12.2.